The second kappa shape index (κ2) is 7.09. The lowest BCUT2D eigenvalue weighted by Gasteiger charge is -2.16. The van der Waals surface area contributed by atoms with Crippen LogP contribution in [0.25, 0.3) is 11.1 Å². The highest BCUT2D eigenvalue weighted by atomic mass is 16.6. The van der Waals surface area contributed by atoms with Crippen LogP contribution >= 0.6 is 0 Å². The van der Waals surface area contributed by atoms with Gasteiger partial charge in [-0.15, -0.1) is 0 Å². The van der Waals surface area contributed by atoms with Crippen molar-refractivity contribution in [1.82, 2.24) is 4.98 Å². The van der Waals surface area contributed by atoms with E-state index in [0.717, 1.165) is 29.7 Å². The Bertz CT molecular complexity index is 807. The molecular formula is C18H20N4O2. The minimum atomic E-state index is -0.447. The molecule has 0 amide bonds. The Hall–Kier alpha value is -2.94. The molecule has 0 spiro atoms. The second-order valence-corrected chi connectivity index (χ2v) is 5.95. The van der Waals surface area contributed by atoms with Gasteiger partial charge in [0, 0.05) is 23.4 Å². The highest BCUT2D eigenvalue weighted by molar-refractivity contribution is 5.79. The van der Waals surface area contributed by atoms with Gasteiger partial charge in [-0.2, -0.15) is 5.26 Å². The van der Waals surface area contributed by atoms with Crippen molar-refractivity contribution in [1.29, 1.82) is 5.26 Å². The first-order valence-electron chi connectivity index (χ1n) is 7.82. The van der Waals surface area contributed by atoms with Crippen molar-refractivity contribution in [3.63, 3.8) is 0 Å². The molecule has 2 N–H and O–H groups in total. The Balaban J connectivity index is 2.62. The monoisotopic (exact) mass is 324 g/mol. The molecule has 0 saturated carbocycles. The van der Waals surface area contributed by atoms with Crippen molar-refractivity contribution in [2.75, 3.05) is 5.73 Å². The van der Waals surface area contributed by atoms with Gasteiger partial charge in [-0.1, -0.05) is 20.3 Å². The fourth-order valence-electron chi connectivity index (χ4n) is 2.64. The van der Waals surface area contributed by atoms with Crippen LogP contribution in [0.2, 0.25) is 0 Å². The fourth-order valence-corrected chi connectivity index (χ4v) is 2.64. The maximum absolute atomic E-state index is 10.8. The predicted octanol–water partition coefficient (Wildman–Crippen LogP) is 4.01. The molecule has 1 atom stereocenters. The molecule has 0 aliphatic carbocycles. The molecule has 1 aromatic heterocycles. The summed E-state index contributed by atoms with van der Waals surface area (Å²) in [5.74, 6) is 0.656. The first-order valence-corrected chi connectivity index (χ1v) is 7.82. The fraction of sp³-hybridized carbons (Fsp3) is 0.333. The zero-order valence-electron chi connectivity index (χ0n) is 14.0. The number of benzene rings is 1. The number of nitrogen functional groups attached to an aromatic ring is 1. The lowest BCUT2D eigenvalue weighted by atomic mass is 9.91. The van der Waals surface area contributed by atoms with Gasteiger partial charge < -0.3 is 5.73 Å². The van der Waals surface area contributed by atoms with E-state index in [4.69, 9.17) is 5.73 Å². The first kappa shape index (κ1) is 17.4. The number of hydrogen-bond donors (Lipinski definition) is 1. The third-order valence-electron chi connectivity index (χ3n) is 4.29. The van der Waals surface area contributed by atoms with E-state index in [2.05, 4.69) is 24.9 Å². The van der Waals surface area contributed by atoms with Gasteiger partial charge in [-0.25, -0.2) is 4.98 Å². The molecule has 124 valence electrons. The molecule has 0 fully saturated rings. The summed E-state index contributed by atoms with van der Waals surface area (Å²) in [6, 6.07) is 8.27. The van der Waals surface area contributed by atoms with Crippen LogP contribution in [0.4, 0.5) is 11.5 Å². The summed E-state index contributed by atoms with van der Waals surface area (Å²) in [6.07, 6.45) is 1.80. The zero-order valence-corrected chi connectivity index (χ0v) is 14.0. The first-order chi connectivity index (χ1) is 11.4. The van der Waals surface area contributed by atoms with Gasteiger partial charge in [0.2, 0.25) is 0 Å². The number of nitro groups is 1. The van der Waals surface area contributed by atoms with Crippen LogP contribution in [0.5, 0.6) is 0 Å². The average Bonchev–Trinajstić information content (AvgIpc) is 2.57. The lowest BCUT2D eigenvalue weighted by Crippen LogP contribution is -2.09. The molecule has 0 unspecified atom stereocenters. The Morgan fingerprint density at radius 3 is 2.50 bits per heavy atom. The maximum Gasteiger partial charge on any atom is 0.269 e. The topological polar surface area (TPSA) is 106 Å². The number of nitrogens with zero attached hydrogens (tertiary/aromatic N) is 3. The summed E-state index contributed by atoms with van der Waals surface area (Å²) in [5, 5.41) is 20.3. The van der Waals surface area contributed by atoms with E-state index in [1.54, 1.807) is 12.1 Å². The molecule has 0 aliphatic rings. The SMILES string of the molecule is CC[C@@H](C)Cc1nc(N)c(C#N)c(-c2ccc([N+](=O)[O-])cc2)c1C. The number of nitrogens with two attached hydrogens (primary N) is 1. The van der Waals surface area contributed by atoms with Crippen molar-refractivity contribution >= 4 is 11.5 Å². The summed E-state index contributed by atoms with van der Waals surface area (Å²) in [7, 11) is 0. The largest absolute Gasteiger partial charge is 0.383 e. The lowest BCUT2D eigenvalue weighted by molar-refractivity contribution is -0.384. The number of rotatable bonds is 5. The summed E-state index contributed by atoms with van der Waals surface area (Å²) in [5.41, 5.74) is 9.52. The molecule has 2 aromatic rings. The Kier molecular flexibility index (Phi) is 5.14. The number of anilines is 1. The minimum Gasteiger partial charge on any atom is -0.383 e. The molecule has 1 aromatic carbocycles. The number of nitro benzene ring substituents is 1. The average molecular weight is 324 g/mol. The molecule has 0 bridgehead atoms. The van der Waals surface area contributed by atoms with Crippen LogP contribution in [0, 0.1) is 34.3 Å². The third-order valence-corrected chi connectivity index (χ3v) is 4.29. The van der Waals surface area contributed by atoms with Crippen molar-refractivity contribution < 1.29 is 4.92 Å². The minimum absolute atomic E-state index is 0.0109. The summed E-state index contributed by atoms with van der Waals surface area (Å²) in [4.78, 5) is 14.8. The van der Waals surface area contributed by atoms with Gasteiger partial charge >= 0.3 is 0 Å². The molecular weight excluding hydrogens is 304 g/mol. The molecule has 1 heterocycles. The maximum atomic E-state index is 10.8. The van der Waals surface area contributed by atoms with Gasteiger partial charge in [0.15, 0.2) is 0 Å². The van der Waals surface area contributed by atoms with Crippen LogP contribution in [0.1, 0.15) is 37.1 Å². The molecule has 0 aliphatic heterocycles. The van der Waals surface area contributed by atoms with E-state index in [1.165, 1.54) is 12.1 Å². The van der Waals surface area contributed by atoms with Gasteiger partial charge in [-0.3, -0.25) is 10.1 Å². The zero-order chi connectivity index (χ0) is 17.9. The molecule has 0 radical (unpaired) electrons. The van der Waals surface area contributed by atoms with E-state index in [1.807, 2.05) is 6.92 Å². The van der Waals surface area contributed by atoms with Crippen LogP contribution in [-0.4, -0.2) is 9.91 Å². The number of hydrogen-bond acceptors (Lipinski definition) is 5. The number of pyridine rings is 1. The van der Waals surface area contributed by atoms with Crippen LogP contribution in [0.15, 0.2) is 24.3 Å². The van der Waals surface area contributed by atoms with E-state index >= 15 is 0 Å². The van der Waals surface area contributed by atoms with Crippen LogP contribution in [-0.2, 0) is 6.42 Å². The van der Waals surface area contributed by atoms with E-state index in [0.29, 0.717) is 17.0 Å². The number of non-ortho nitro benzene ring substituents is 1. The van der Waals surface area contributed by atoms with E-state index in [9.17, 15) is 15.4 Å². The normalized spacial score (nSPS) is 11.8. The summed E-state index contributed by atoms with van der Waals surface area (Å²) < 4.78 is 0. The van der Waals surface area contributed by atoms with Crippen LogP contribution < -0.4 is 5.73 Å². The third kappa shape index (κ3) is 3.35. The van der Waals surface area contributed by atoms with E-state index < -0.39 is 4.92 Å². The Morgan fingerprint density at radius 1 is 1.38 bits per heavy atom. The smallest absolute Gasteiger partial charge is 0.269 e. The van der Waals surface area contributed by atoms with Crippen molar-refractivity contribution in [3.05, 3.63) is 51.2 Å². The van der Waals surface area contributed by atoms with Gasteiger partial charge in [0.05, 0.1) is 4.92 Å². The van der Waals surface area contributed by atoms with E-state index in [-0.39, 0.29) is 11.5 Å². The Morgan fingerprint density at radius 2 is 2.00 bits per heavy atom. The number of nitriles is 1. The van der Waals surface area contributed by atoms with Gasteiger partial charge in [-0.05, 0) is 42.5 Å². The molecule has 2 rings (SSSR count). The van der Waals surface area contributed by atoms with Crippen molar-refractivity contribution in [2.24, 2.45) is 5.92 Å². The Labute approximate surface area is 141 Å². The summed E-state index contributed by atoms with van der Waals surface area (Å²) >= 11 is 0. The predicted molar refractivity (Wildman–Crippen MR) is 93.4 cm³/mol. The number of aromatic nitrogens is 1. The van der Waals surface area contributed by atoms with Gasteiger partial charge in [0.1, 0.15) is 17.5 Å². The molecule has 0 saturated heterocycles. The highest BCUT2D eigenvalue weighted by Crippen LogP contribution is 2.33. The van der Waals surface area contributed by atoms with Crippen molar-refractivity contribution in [2.45, 2.75) is 33.6 Å². The molecule has 6 heteroatoms. The van der Waals surface area contributed by atoms with Gasteiger partial charge in [0.25, 0.3) is 5.69 Å². The van der Waals surface area contributed by atoms with Crippen molar-refractivity contribution in [3.8, 4) is 17.2 Å². The second-order valence-electron chi connectivity index (χ2n) is 5.95. The molecule has 6 nitrogen and oxygen atoms in total. The summed E-state index contributed by atoms with van der Waals surface area (Å²) in [6.45, 7) is 6.17. The quantitative estimate of drug-likeness (QED) is 0.660. The standard InChI is InChI=1S/C18H20N4O2/c1-4-11(2)9-16-12(3)17(15(10-19)18(20)21-16)13-5-7-14(8-6-13)22(23)24/h5-8,11H,4,9H2,1-3H3,(H2,20,21)/t11-/m1/s1. The highest BCUT2D eigenvalue weighted by Gasteiger charge is 2.19. The van der Waals surface area contributed by atoms with Crippen LogP contribution in [0.3, 0.4) is 0 Å². The molecule has 24 heavy (non-hydrogen) atoms.